The average Bonchev–Trinajstić information content (AvgIpc) is 2.47. The summed E-state index contributed by atoms with van der Waals surface area (Å²) in [5.41, 5.74) is 4.93. The summed E-state index contributed by atoms with van der Waals surface area (Å²) in [4.78, 5) is 21.9. The SMILES string of the molecule is NC(=O)CSc1ccsc1C(=O)O. The largest absolute Gasteiger partial charge is 0.477 e. The number of aromatic carboxylic acids is 1. The molecule has 0 aliphatic rings. The van der Waals surface area contributed by atoms with Gasteiger partial charge in [-0.2, -0.15) is 0 Å². The van der Waals surface area contributed by atoms with Crippen molar-refractivity contribution < 1.29 is 14.7 Å². The van der Waals surface area contributed by atoms with Gasteiger partial charge in [0.1, 0.15) is 4.88 Å². The van der Waals surface area contributed by atoms with Crippen molar-refractivity contribution in [1.29, 1.82) is 0 Å². The lowest BCUT2D eigenvalue weighted by molar-refractivity contribution is -0.115. The number of carboxylic acids is 1. The molecule has 13 heavy (non-hydrogen) atoms. The van der Waals surface area contributed by atoms with Gasteiger partial charge in [-0.15, -0.1) is 23.1 Å². The number of rotatable bonds is 4. The third-order valence-electron chi connectivity index (χ3n) is 1.19. The Hall–Kier alpha value is -1.01. The Labute approximate surface area is 82.7 Å². The van der Waals surface area contributed by atoms with E-state index in [1.807, 2.05) is 0 Å². The van der Waals surface area contributed by atoms with Gasteiger partial charge in [-0.25, -0.2) is 4.79 Å². The van der Waals surface area contributed by atoms with E-state index in [0.717, 1.165) is 23.1 Å². The van der Waals surface area contributed by atoms with E-state index in [4.69, 9.17) is 10.8 Å². The lowest BCUT2D eigenvalue weighted by atomic mass is 10.5. The van der Waals surface area contributed by atoms with Gasteiger partial charge in [0.15, 0.2) is 0 Å². The second-order valence-electron chi connectivity index (χ2n) is 2.17. The lowest BCUT2D eigenvalue weighted by Crippen LogP contribution is -2.13. The summed E-state index contributed by atoms with van der Waals surface area (Å²) in [5, 5.41) is 10.4. The van der Waals surface area contributed by atoms with Gasteiger partial charge in [-0.1, -0.05) is 0 Å². The van der Waals surface area contributed by atoms with Crippen molar-refractivity contribution in [3.05, 3.63) is 16.3 Å². The molecule has 0 spiro atoms. The second kappa shape index (κ2) is 4.29. The normalized spacial score (nSPS) is 9.85. The minimum absolute atomic E-state index is 0.108. The molecule has 0 saturated carbocycles. The predicted molar refractivity (Wildman–Crippen MR) is 51.2 cm³/mol. The van der Waals surface area contributed by atoms with Crippen LogP contribution in [0.15, 0.2) is 16.3 Å². The maximum atomic E-state index is 10.6. The van der Waals surface area contributed by atoms with E-state index in [-0.39, 0.29) is 10.6 Å². The van der Waals surface area contributed by atoms with Gasteiger partial charge in [0, 0.05) is 4.90 Å². The Kier molecular flexibility index (Phi) is 3.32. The molecule has 1 aromatic rings. The molecule has 0 bridgehead atoms. The zero-order valence-corrected chi connectivity index (χ0v) is 8.15. The van der Waals surface area contributed by atoms with Crippen LogP contribution in [0.4, 0.5) is 0 Å². The highest BCUT2D eigenvalue weighted by Crippen LogP contribution is 2.27. The van der Waals surface area contributed by atoms with Crippen LogP contribution in [0, 0.1) is 0 Å². The van der Waals surface area contributed by atoms with Gasteiger partial charge in [0.25, 0.3) is 0 Å². The lowest BCUT2D eigenvalue weighted by Gasteiger charge is -1.96. The summed E-state index contributed by atoms with van der Waals surface area (Å²) in [6, 6.07) is 1.67. The van der Waals surface area contributed by atoms with Crippen molar-refractivity contribution in [3.8, 4) is 0 Å². The van der Waals surface area contributed by atoms with Crippen LogP contribution in [0.2, 0.25) is 0 Å². The molecule has 0 saturated heterocycles. The van der Waals surface area contributed by atoms with E-state index >= 15 is 0 Å². The number of thiophene rings is 1. The first-order valence-corrected chi connectivity index (χ1v) is 5.19. The molecule has 0 aliphatic heterocycles. The van der Waals surface area contributed by atoms with Gasteiger partial charge in [-0.3, -0.25) is 4.79 Å². The van der Waals surface area contributed by atoms with Crippen molar-refractivity contribution in [1.82, 2.24) is 0 Å². The summed E-state index contributed by atoms with van der Waals surface area (Å²) in [7, 11) is 0. The predicted octanol–water partition coefficient (Wildman–Crippen LogP) is 1.02. The Morgan fingerprint density at radius 3 is 2.85 bits per heavy atom. The highest BCUT2D eigenvalue weighted by Gasteiger charge is 2.12. The Bertz CT molecular complexity index is 334. The van der Waals surface area contributed by atoms with E-state index in [0.29, 0.717) is 4.90 Å². The first kappa shape index (κ1) is 10.1. The van der Waals surface area contributed by atoms with Crippen LogP contribution in [0.1, 0.15) is 9.67 Å². The van der Waals surface area contributed by atoms with E-state index in [1.54, 1.807) is 11.4 Å². The fourth-order valence-corrected chi connectivity index (χ4v) is 2.43. The van der Waals surface area contributed by atoms with Gasteiger partial charge in [0.05, 0.1) is 5.75 Å². The number of hydrogen-bond donors (Lipinski definition) is 2. The molecule has 0 unspecified atom stereocenters. The molecule has 0 aromatic carbocycles. The summed E-state index contributed by atoms with van der Waals surface area (Å²) in [6.45, 7) is 0. The Morgan fingerprint density at radius 2 is 2.31 bits per heavy atom. The molecule has 4 nitrogen and oxygen atoms in total. The smallest absolute Gasteiger partial charge is 0.347 e. The third-order valence-corrected chi connectivity index (χ3v) is 3.30. The van der Waals surface area contributed by atoms with Gasteiger partial charge in [0.2, 0.25) is 5.91 Å². The maximum absolute atomic E-state index is 10.6. The topological polar surface area (TPSA) is 80.4 Å². The molecule has 6 heteroatoms. The summed E-state index contributed by atoms with van der Waals surface area (Å²) in [5.74, 6) is -1.31. The Morgan fingerprint density at radius 1 is 1.62 bits per heavy atom. The van der Waals surface area contributed by atoms with E-state index in [2.05, 4.69) is 0 Å². The monoisotopic (exact) mass is 217 g/mol. The molecule has 3 N–H and O–H groups in total. The van der Waals surface area contributed by atoms with Crippen molar-refractivity contribution in [2.24, 2.45) is 5.73 Å². The fraction of sp³-hybridized carbons (Fsp3) is 0.143. The van der Waals surface area contributed by atoms with E-state index < -0.39 is 11.9 Å². The van der Waals surface area contributed by atoms with Crippen LogP contribution in [0.25, 0.3) is 0 Å². The van der Waals surface area contributed by atoms with E-state index in [9.17, 15) is 9.59 Å². The number of carbonyl (C=O) groups is 2. The van der Waals surface area contributed by atoms with Crippen LogP contribution in [0.3, 0.4) is 0 Å². The zero-order chi connectivity index (χ0) is 9.84. The van der Waals surface area contributed by atoms with Crippen LogP contribution in [0.5, 0.6) is 0 Å². The number of nitrogens with two attached hydrogens (primary N) is 1. The van der Waals surface area contributed by atoms with Crippen molar-refractivity contribution >= 4 is 35.0 Å². The number of hydrogen-bond acceptors (Lipinski definition) is 4. The molecular weight excluding hydrogens is 210 g/mol. The van der Waals surface area contributed by atoms with Crippen molar-refractivity contribution in [2.45, 2.75) is 4.90 Å². The molecule has 70 valence electrons. The molecule has 0 radical (unpaired) electrons. The molecule has 1 heterocycles. The summed E-state index contributed by atoms with van der Waals surface area (Å²) in [6.07, 6.45) is 0. The first-order chi connectivity index (χ1) is 6.11. The highest BCUT2D eigenvalue weighted by atomic mass is 32.2. The number of thioether (sulfide) groups is 1. The molecule has 1 aromatic heterocycles. The van der Waals surface area contributed by atoms with Gasteiger partial charge < -0.3 is 10.8 Å². The summed E-state index contributed by atoms with van der Waals surface area (Å²) < 4.78 is 0. The molecule has 0 aliphatic carbocycles. The van der Waals surface area contributed by atoms with E-state index in [1.165, 1.54) is 0 Å². The van der Waals surface area contributed by atoms with Crippen LogP contribution >= 0.6 is 23.1 Å². The van der Waals surface area contributed by atoms with Gasteiger partial charge >= 0.3 is 5.97 Å². The van der Waals surface area contributed by atoms with Crippen LogP contribution in [-0.2, 0) is 4.79 Å². The summed E-state index contributed by atoms with van der Waals surface area (Å²) >= 11 is 2.28. The number of carboxylic acid groups (broad SMARTS) is 1. The number of amides is 1. The standard InChI is InChI=1S/C7H7NO3S2/c8-5(9)3-13-4-1-2-12-6(4)7(10)11/h1-2H,3H2,(H2,8,9)(H,10,11). The van der Waals surface area contributed by atoms with Gasteiger partial charge in [-0.05, 0) is 11.4 Å². The Balaban J connectivity index is 2.71. The molecule has 0 fully saturated rings. The minimum atomic E-state index is -0.970. The van der Waals surface area contributed by atoms with Crippen LogP contribution < -0.4 is 5.73 Å². The molecule has 0 atom stereocenters. The minimum Gasteiger partial charge on any atom is -0.477 e. The highest BCUT2D eigenvalue weighted by molar-refractivity contribution is 8.00. The number of primary amides is 1. The van der Waals surface area contributed by atoms with Crippen molar-refractivity contribution in [3.63, 3.8) is 0 Å². The average molecular weight is 217 g/mol. The fourth-order valence-electron chi connectivity index (χ4n) is 0.716. The number of carbonyl (C=O) groups excluding carboxylic acids is 1. The van der Waals surface area contributed by atoms with Crippen LogP contribution in [-0.4, -0.2) is 22.7 Å². The quantitative estimate of drug-likeness (QED) is 0.738. The third kappa shape index (κ3) is 2.74. The molecule has 1 rings (SSSR count). The second-order valence-corrected chi connectivity index (χ2v) is 4.11. The first-order valence-electron chi connectivity index (χ1n) is 3.33. The molecular formula is C7H7NO3S2. The van der Waals surface area contributed by atoms with Crippen molar-refractivity contribution in [2.75, 3.05) is 5.75 Å². The molecule has 1 amide bonds. The zero-order valence-electron chi connectivity index (χ0n) is 6.52. The maximum Gasteiger partial charge on any atom is 0.347 e.